The Kier molecular flexibility index (Phi) is 5.15. The Bertz CT molecular complexity index is 453. The molecule has 1 unspecified atom stereocenters. The van der Waals surface area contributed by atoms with Crippen molar-refractivity contribution >= 4 is 0 Å². The fourth-order valence-electron chi connectivity index (χ4n) is 3.89. The van der Waals surface area contributed by atoms with E-state index in [0.29, 0.717) is 6.04 Å². The third-order valence-corrected chi connectivity index (χ3v) is 5.18. The van der Waals surface area contributed by atoms with Gasteiger partial charge in [-0.1, -0.05) is 37.8 Å². The van der Waals surface area contributed by atoms with Crippen molar-refractivity contribution in [3.63, 3.8) is 0 Å². The number of benzene rings is 1. The van der Waals surface area contributed by atoms with Crippen LogP contribution in [-0.2, 0) is 12.8 Å². The Hall–Kier alpha value is -1.06. The predicted octanol–water partition coefficient (Wildman–Crippen LogP) is 3.36. The van der Waals surface area contributed by atoms with Crippen LogP contribution < -0.4 is 16.0 Å². The number of hydrazine groups is 1. The third-order valence-electron chi connectivity index (χ3n) is 5.18. The molecule has 1 aliphatic carbocycles. The molecule has 1 fully saturated rings. The van der Waals surface area contributed by atoms with Crippen molar-refractivity contribution in [1.29, 1.82) is 0 Å². The molecule has 1 atom stereocenters. The van der Waals surface area contributed by atoms with Crippen LogP contribution >= 0.6 is 0 Å². The second-order valence-corrected chi connectivity index (χ2v) is 6.60. The summed E-state index contributed by atoms with van der Waals surface area (Å²) in [5, 5.41) is 0. The van der Waals surface area contributed by atoms with Crippen LogP contribution in [0.25, 0.3) is 0 Å². The van der Waals surface area contributed by atoms with Crippen LogP contribution in [-0.4, -0.2) is 12.6 Å². The van der Waals surface area contributed by atoms with Gasteiger partial charge in [0.1, 0.15) is 5.75 Å². The summed E-state index contributed by atoms with van der Waals surface area (Å²) in [6.07, 6.45) is 11.5. The summed E-state index contributed by atoms with van der Waals surface area (Å²) in [6.45, 7) is 0.841. The van der Waals surface area contributed by atoms with E-state index in [2.05, 4.69) is 23.6 Å². The van der Waals surface area contributed by atoms with E-state index in [-0.39, 0.29) is 0 Å². The quantitative estimate of drug-likeness (QED) is 0.496. The average molecular weight is 288 g/mol. The lowest BCUT2D eigenvalue weighted by molar-refractivity contribution is 0.307. The molecular formula is C18H28N2O. The number of rotatable bonds is 5. The van der Waals surface area contributed by atoms with Crippen molar-refractivity contribution in [2.45, 2.75) is 63.8 Å². The van der Waals surface area contributed by atoms with E-state index < -0.39 is 0 Å². The number of hydrogen-bond acceptors (Lipinski definition) is 3. The molecule has 0 saturated heterocycles. The highest BCUT2D eigenvalue weighted by molar-refractivity contribution is 5.39. The summed E-state index contributed by atoms with van der Waals surface area (Å²) < 4.78 is 5.58. The third kappa shape index (κ3) is 3.78. The lowest BCUT2D eigenvalue weighted by atomic mass is 9.88. The Balaban J connectivity index is 1.57. The Morgan fingerprint density at radius 2 is 2.00 bits per heavy atom. The maximum absolute atomic E-state index is 5.84. The van der Waals surface area contributed by atoms with Gasteiger partial charge in [-0.05, 0) is 48.8 Å². The zero-order chi connectivity index (χ0) is 14.5. The largest absolute Gasteiger partial charge is 0.493 e. The smallest absolute Gasteiger partial charge is 0.122 e. The molecule has 0 amide bonds. The van der Waals surface area contributed by atoms with Gasteiger partial charge in [0, 0.05) is 12.5 Å². The molecular weight excluding hydrogens is 260 g/mol. The van der Waals surface area contributed by atoms with Gasteiger partial charge in [0.15, 0.2) is 0 Å². The highest BCUT2D eigenvalue weighted by atomic mass is 16.5. The summed E-state index contributed by atoms with van der Waals surface area (Å²) >= 11 is 0. The van der Waals surface area contributed by atoms with Crippen molar-refractivity contribution in [1.82, 2.24) is 5.43 Å². The molecule has 1 aromatic carbocycles. The first kappa shape index (κ1) is 14.9. The van der Waals surface area contributed by atoms with Crippen molar-refractivity contribution in [3.8, 4) is 5.75 Å². The maximum Gasteiger partial charge on any atom is 0.122 e. The van der Waals surface area contributed by atoms with Gasteiger partial charge in [0.05, 0.1) is 6.61 Å². The van der Waals surface area contributed by atoms with Crippen molar-refractivity contribution < 1.29 is 4.74 Å². The molecule has 116 valence electrons. The monoisotopic (exact) mass is 288 g/mol. The molecule has 1 aromatic rings. The van der Waals surface area contributed by atoms with Crippen molar-refractivity contribution in [3.05, 3.63) is 29.3 Å². The van der Waals surface area contributed by atoms with Gasteiger partial charge >= 0.3 is 0 Å². The van der Waals surface area contributed by atoms with Gasteiger partial charge in [-0.15, -0.1) is 0 Å². The van der Waals surface area contributed by atoms with Gasteiger partial charge in [-0.3, -0.25) is 11.3 Å². The minimum atomic E-state index is 0.465. The number of fused-ring (bicyclic) bond motifs is 1. The van der Waals surface area contributed by atoms with Gasteiger partial charge in [-0.25, -0.2) is 0 Å². The molecule has 2 aliphatic rings. The lowest BCUT2D eigenvalue weighted by Crippen LogP contribution is -2.41. The van der Waals surface area contributed by atoms with Crippen molar-refractivity contribution in [2.75, 3.05) is 6.61 Å². The number of nitrogens with two attached hydrogens (primary N) is 1. The first-order valence-electron chi connectivity index (χ1n) is 8.57. The van der Waals surface area contributed by atoms with Gasteiger partial charge in [0.2, 0.25) is 0 Å². The molecule has 1 saturated carbocycles. The molecule has 3 rings (SSSR count). The first-order chi connectivity index (χ1) is 10.4. The fourth-order valence-corrected chi connectivity index (χ4v) is 3.89. The highest BCUT2D eigenvalue weighted by Gasteiger charge is 2.21. The predicted molar refractivity (Wildman–Crippen MR) is 86.3 cm³/mol. The van der Waals surface area contributed by atoms with Gasteiger partial charge < -0.3 is 4.74 Å². The molecule has 0 bridgehead atoms. The standard InChI is InChI=1S/C18H28N2O/c19-20-17(15-5-3-1-2-4-6-15)9-7-14-8-10-18-16(13-14)11-12-21-18/h8,10,13,15,17,20H,1-7,9,11-12,19H2. The molecule has 1 heterocycles. The average Bonchev–Trinajstić information content (AvgIpc) is 2.81. The molecule has 3 N–H and O–H groups in total. The van der Waals surface area contributed by atoms with E-state index in [1.807, 2.05) is 0 Å². The number of nitrogens with one attached hydrogen (secondary N) is 1. The van der Waals surface area contributed by atoms with E-state index in [1.54, 1.807) is 0 Å². The number of hydrogen-bond donors (Lipinski definition) is 2. The Morgan fingerprint density at radius 3 is 2.76 bits per heavy atom. The molecule has 0 aromatic heterocycles. The zero-order valence-corrected chi connectivity index (χ0v) is 12.9. The molecule has 0 spiro atoms. The van der Waals surface area contributed by atoms with E-state index in [0.717, 1.165) is 37.5 Å². The highest BCUT2D eigenvalue weighted by Crippen LogP contribution is 2.29. The second-order valence-electron chi connectivity index (χ2n) is 6.60. The molecule has 3 heteroatoms. The van der Waals surface area contributed by atoms with Crippen LogP contribution in [0.5, 0.6) is 5.75 Å². The molecule has 0 radical (unpaired) electrons. The van der Waals surface area contributed by atoms with Crippen molar-refractivity contribution in [2.24, 2.45) is 11.8 Å². The van der Waals surface area contributed by atoms with Crippen LogP contribution in [0.1, 0.15) is 56.1 Å². The summed E-state index contributed by atoms with van der Waals surface area (Å²) in [7, 11) is 0. The normalized spacial score (nSPS) is 20.6. The Morgan fingerprint density at radius 1 is 1.19 bits per heavy atom. The fraction of sp³-hybridized carbons (Fsp3) is 0.667. The van der Waals surface area contributed by atoms with E-state index in [9.17, 15) is 0 Å². The summed E-state index contributed by atoms with van der Waals surface area (Å²) in [4.78, 5) is 0. The van der Waals surface area contributed by atoms with E-state index in [1.165, 1.54) is 49.7 Å². The summed E-state index contributed by atoms with van der Waals surface area (Å²) in [6, 6.07) is 7.13. The SMILES string of the molecule is NNC(CCc1ccc2c(c1)CCO2)C1CCCCCC1. The van der Waals surface area contributed by atoms with E-state index >= 15 is 0 Å². The van der Waals surface area contributed by atoms with Gasteiger partial charge in [-0.2, -0.15) is 0 Å². The van der Waals surface area contributed by atoms with Crippen LogP contribution in [0.2, 0.25) is 0 Å². The maximum atomic E-state index is 5.84. The Labute approximate surface area is 128 Å². The minimum Gasteiger partial charge on any atom is -0.493 e. The first-order valence-corrected chi connectivity index (χ1v) is 8.57. The van der Waals surface area contributed by atoms with Crippen LogP contribution in [0.4, 0.5) is 0 Å². The number of aryl methyl sites for hydroxylation is 1. The molecule has 3 nitrogen and oxygen atoms in total. The topological polar surface area (TPSA) is 47.3 Å². The van der Waals surface area contributed by atoms with Crippen LogP contribution in [0.15, 0.2) is 18.2 Å². The summed E-state index contributed by atoms with van der Waals surface area (Å²) in [5.74, 6) is 7.68. The lowest BCUT2D eigenvalue weighted by Gasteiger charge is -2.25. The zero-order valence-electron chi connectivity index (χ0n) is 12.9. The van der Waals surface area contributed by atoms with E-state index in [4.69, 9.17) is 10.6 Å². The van der Waals surface area contributed by atoms with Crippen LogP contribution in [0.3, 0.4) is 0 Å². The molecule has 21 heavy (non-hydrogen) atoms. The molecule has 1 aliphatic heterocycles. The number of ether oxygens (including phenoxy) is 1. The summed E-state index contributed by atoms with van der Waals surface area (Å²) in [5.41, 5.74) is 5.90. The van der Waals surface area contributed by atoms with Gasteiger partial charge in [0.25, 0.3) is 0 Å². The van der Waals surface area contributed by atoms with Crippen LogP contribution in [0, 0.1) is 5.92 Å². The second kappa shape index (κ2) is 7.28. The minimum absolute atomic E-state index is 0.465.